The predicted octanol–water partition coefficient (Wildman–Crippen LogP) is 6.53. The average molecular weight is 413 g/mol. The lowest BCUT2D eigenvalue weighted by molar-refractivity contribution is -0.649. The van der Waals surface area contributed by atoms with Crippen molar-refractivity contribution < 1.29 is 4.57 Å². The van der Waals surface area contributed by atoms with Crippen molar-refractivity contribution >= 4 is 0 Å². The third-order valence-corrected chi connectivity index (χ3v) is 6.35. The van der Waals surface area contributed by atoms with Gasteiger partial charge < -0.3 is 9.13 Å². The van der Waals surface area contributed by atoms with Crippen LogP contribution in [0.1, 0.15) is 56.2 Å². The maximum atomic E-state index is 2.42. The summed E-state index contributed by atoms with van der Waals surface area (Å²) in [5, 5.41) is 0. The van der Waals surface area contributed by atoms with Crippen LogP contribution in [0.15, 0.2) is 67.0 Å². The maximum Gasteiger partial charge on any atom is 0.230 e. The van der Waals surface area contributed by atoms with E-state index in [2.05, 4.69) is 129 Å². The molecule has 0 saturated heterocycles. The summed E-state index contributed by atoms with van der Waals surface area (Å²) in [6.45, 7) is 11.4. The molecule has 4 aromatic rings. The smallest absolute Gasteiger partial charge is 0.230 e. The van der Waals surface area contributed by atoms with Crippen LogP contribution in [0.4, 0.5) is 0 Å². The zero-order valence-corrected chi connectivity index (χ0v) is 19.8. The van der Waals surface area contributed by atoms with Crippen LogP contribution in [-0.2, 0) is 14.1 Å². The Kier molecular flexibility index (Phi) is 5.62. The fourth-order valence-corrected chi connectivity index (χ4v) is 4.64. The number of aryl methyl sites for hydroxylation is 2. The molecule has 1 aromatic carbocycles. The second kappa shape index (κ2) is 8.22. The average Bonchev–Trinajstić information content (AvgIpc) is 3.33. The Hall–Kier alpha value is -3.07. The molecule has 160 valence electrons. The van der Waals surface area contributed by atoms with E-state index in [1.54, 1.807) is 0 Å². The van der Waals surface area contributed by atoms with Crippen molar-refractivity contribution in [1.82, 2.24) is 9.13 Å². The molecule has 0 aliphatic heterocycles. The van der Waals surface area contributed by atoms with Gasteiger partial charge in [-0.15, -0.1) is 0 Å². The van der Waals surface area contributed by atoms with E-state index in [0.29, 0.717) is 11.8 Å². The summed E-state index contributed by atoms with van der Waals surface area (Å²) >= 11 is 0. The molecule has 0 unspecified atom stereocenters. The normalized spacial score (nSPS) is 11.6. The first-order valence-electron chi connectivity index (χ1n) is 11.2. The molecule has 0 bridgehead atoms. The first-order chi connectivity index (χ1) is 14.8. The topological polar surface area (TPSA) is 13.7 Å². The van der Waals surface area contributed by atoms with E-state index in [-0.39, 0.29) is 0 Å². The van der Waals surface area contributed by atoms with Crippen molar-refractivity contribution in [2.24, 2.45) is 14.1 Å². The van der Waals surface area contributed by atoms with Gasteiger partial charge in [-0.2, -0.15) is 4.57 Å². The number of hydrogen-bond donors (Lipinski definition) is 0. The molecule has 3 aromatic heterocycles. The highest BCUT2D eigenvalue weighted by Gasteiger charge is 2.25. The molecule has 3 heterocycles. The highest BCUT2D eigenvalue weighted by Crippen LogP contribution is 2.35. The standard InChI is InChI=1S/C28H34N3/c1-19(2)22-11-8-12-23(20(3)4)28(22)31-18-16-21(5)27(31)26-14-9-13-25(30(26)7)24-15-10-17-29(24)6/h8-20H,1-7H3/q+1. The van der Waals surface area contributed by atoms with Crippen molar-refractivity contribution in [2.45, 2.75) is 46.5 Å². The summed E-state index contributed by atoms with van der Waals surface area (Å²) in [5.74, 6) is 0.903. The lowest BCUT2D eigenvalue weighted by Crippen LogP contribution is -2.35. The molecule has 4 rings (SSSR count). The van der Waals surface area contributed by atoms with Gasteiger partial charge in [0.1, 0.15) is 18.4 Å². The monoisotopic (exact) mass is 412 g/mol. The number of nitrogens with zero attached hydrogens (tertiary/aromatic N) is 3. The van der Waals surface area contributed by atoms with Crippen LogP contribution in [0.5, 0.6) is 0 Å². The number of pyridine rings is 1. The summed E-state index contributed by atoms with van der Waals surface area (Å²) in [5.41, 5.74) is 10.3. The fourth-order valence-electron chi connectivity index (χ4n) is 4.64. The lowest BCUT2D eigenvalue weighted by atomic mass is 9.92. The van der Waals surface area contributed by atoms with Crippen LogP contribution in [-0.4, -0.2) is 9.13 Å². The van der Waals surface area contributed by atoms with Crippen molar-refractivity contribution in [1.29, 1.82) is 0 Å². The molecule has 0 fully saturated rings. The van der Waals surface area contributed by atoms with E-state index in [1.807, 2.05) is 0 Å². The van der Waals surface area contributed by atoms with E-state index < -0.39 is 0 Å². The first kappa shape index (κ1) is 21.2. The van der Waals surface area contributed by atoms with Gasteiger partial charge in [0, 0.05) is 31.6 Å². The predicted molar refractivity (Wildman–Crippen MR) is 130 cm³/mol. The molecule has 0 aliphatic carbocycles. The summed E-state index contributed by atoms with van der Waals surface area (Å²) in [4.78, 5) is 0. The van der Waals surface area contributed by atoms with Gasteiger partial charge in [0.25, 0.3) is 0 Å². The van der Waals surface area contributed by atoms with Gasteiger partial charge in [0.15, 0.2) is 0 Å². The molecule has 0 radical (unpaired) electrons. The zero-order valence-electron chi connectivity index (χ0n) is 19.8. The zero-order chi connectivity index (χ0) is 22.3. The summed E-state index contributed by atoms with van der Waals surface area (Å²) < 4.78 is 6.92. The highest BCUT2D eigenvalue weighted by atomic mass is 15.1. The number of benzene rings is 1. The fraction of sp³-hybridized carbons (Fsp3) is 0.321. The minimum absolute atomic E-state index is 0.452. The van der Waals surface area contributed by atoms with Crippen LogP contribution < -0.4 is 4.57 Å². The molecule has 0 amide bonds. The van der Waals surface area contributed by atoms with E-state index in [9.17, 15) is 0 Å². The van der Waals surface area contributed by atoms with Crippen molar-refractivity contribution in [3.63, 3.8) is 0 Å². The second-order valence-electron chi connectivity index (χ2n) is 9.17. The number of aromatic nitrogens is 3. The SMILES string of the molecule is Cc1ccn(-c2c(C(C)C)cccc2C(C)C)c1-c1cccc(-c2cccn2C)[n+]1C. The van der Waals surface area contributed by atoms with Crippen molar-refractivity contribution in [2.75, 3.05) is 0 Å². The number of hydrogen-bond acceptors (Lipinski definition) is 0. The van der Waals surface area contributed by atoms with Crippen molar-refractivity contribution in [3.05, 3.63) is 83.7 Å². The summed E-state index contributed by atoms with van der Waals surface area (Å²) in [6.07, 6.45) is 4.34. The lowest BCUT2D eigenvalue weighted by Gasteiger charge is -2.22. The molecule has 0 atom stereocenters. The van der Waals surface area contributed by atoms with Gasteiger partial charge in [-0.1, -0.05) is 45.9 Å². The van der Waals surface area contributed by atoms with Gasteiger partial charge in [0.05, 0.1) is 5.69 Å². The van der Waals surface area contributed by atoms with Crippen molar-refractivity contribution in [3.8, 4) is 28.5 Å². The Labute approximate surface area is 186 Å². The summed E-state index contributed by atoms with van der Waals surface area (Å²) in [7, 11) is 4.27. The Morgan fingerprint density at radius 3 is 1.94 bits per heavy atom. The summed E-state index contributed by atoms with van der Waals surface area (Å²) in [6, 6.07) is 19.9. The van der Waals surface area contributed by atoms with E-state index in [1.165, 1.54) is 45.2 Å². The Morgan fingerprint density at radius 1 is 0.742 bits per heavy atom. The largest absolute Gasteiger partial charge is 0.346 e. The molecular weight excluding hydrogens is 378 g/mol. The highest BCUT2D eigenvalue weighted by molar-refractivity contribution is 5.66. The third kappa shape index (κ3) is 3.63. The second-order valence-corrected chi connectivity index (χ2v) is 9.17. The quantitative estimate of drug-likeness (QED) is 0.331. The van der Waals surface area contributed by atoms with Crippen LogP contribution in [0, 0.1) is 6.92 Å². The van der Waals surface area contributed by atoms with Crippen LogP contribution >= 0.6 is 0 Å². The van der Waals surface area contributed by atoms with Gasteiger partial charge in [0.2, 0.25) is 11.4 Å². The Morgan fingerprint density at radius 2 is 1.35 bits per heavy atom. The molecule has 31 heavy (non-hydrogen) atoms. The van der Waals surface area contributed by atoms with Crippen LogP contribution in [0.25, 0.3) is 28.5 Å². The minimum Gasteiger partial charge on any atom is -0.346 e. The maximum absolute atomic E-state index is 2.42. The van der Waals surface area contributed by atoms with Gasteiger partial charge >= 0.3 is 0 Å². The van der Waals surface area contributed by atoms with Gasteiger partial charge in [-0.3, -0.25) is 0 Å². The van der Waals surface area contributed by atoms with E-state index in [4.69, 9.17) is 0 Å². The number of para-hydroxylation sites is 1. The first-order valence-corrected chi connectivity index (χ1v) is 11.2. The van der Waals surface area contributed by atoms with E-state index >= 15 is 0 Å². The van der Waals surface area contributed by atoms with E-state index in [0.717, 1.165) is 0 Å². The van der Waals surface area contributed by atoms with Crippen LogP contribution in [0.2, 0.25) is 0 Å². The Balaban J connectivity index is 2.00. The molecule has 0 aliphatic rings. The molecule has 3 nitrogen and oxygen atoms in total. The Bertz CT molecular complexity index is 1190. The molecule has 0 saturated carbocycles. The van der Waals surface area contributed by atoms with Gasteiger partial charge in [-0.25, -0.2) is 0 Å². The minimum atomic E-state index is 0.452. The van der Waals surface area contributed by atoms with Crippen LogP contribution in [0.3, 0.4) is 0 Å². The molecule has 3 heteroatoms. The molecule has 0 N–H and O–H groups in total. The number of rotatable bonds is 5. The molecule has 0 spiro atoms. The van der Waals surface area contributed by atoms with Gasteiger partial charge in [-0.05, 0) is 59.7 Å². The third-order valence-electron chi connectivity index (χ3n) is 6.35. The molecular formula is C28H34N3+.